The zero-order valence-electron chi connectivity index (χ0n) is 10.3. The van der Waals surface area contributed by atoms with Crippen LogP contribution in [0.15, 0.2) is 60.8 Å². The van der Waals surface area contributed by atoms with E-state index < -0.39 is 0 Å². The Labute approximate surface area is 111 Å². The molecule has 0 bridgehead atoms. The standard InChI is InChI=1S/C16H13N2O/c1-2-6-13(7-3-1)12-19-16-9-5-4-8-14(16)15-10-11-17-18-15/h1-9,11H,12H2,(H,17,18). The maximum Gasteiger partial charge on any atom is 0.129 e. The quantitative estimate of drug-likeness (QED) is 0.769. The lowest BCUT2D eigenvalue weighted by molar-refractivity contribution is 0.307. The first-order valence-electron chi connectivity index (χ1n) is 6.10. The normalized spacial score (nSPS) is 10.3. The molecule has 0 saturated carbocycles. The summed E-state index contributed by atoms with van der Waals surface area (Å²) in [6.07, 6.45) is 1.61. The fourth-order valence-electron chi connectivity index (χ4n) is 1.90. The van der Waals surface area contributed by atoms with Crippen LogP contribution in [-0.4, -0.2) is 10.2 Å². The Balaban J connectivity index is 1.82. The van der Waals surface area contributed by atoms with Gasteiger partial charge in [0.1, 0.15) is 12.4 Å². The lowest BCUT2D eigenvalue weighted by atomic mass is 10.1. The number of nitrogens with zero attached hydrogens (tertiary/aromatic N) is 1. The Morgan fingerprint density at radius 3 is 2.58 bits per heavy atom. The number of nitrogens with one attached hydrogen (secondary N) is 1. The predicted molar refractivity (Wildman–Crippen MR) is 73.6 cm³/mol. The van der Waals surface area contributed by atoms with Gasteiger partial charge in [-0.05, 0) is 17.7 Å². The van der Waals surface area contributed by atoms with E-state index in [9.17, 15) is 0 Å². The summed E-state index contributed by atoms with van der Waals surface area (Å²) < 4.78 is 5.88. The highest BCUT2D eigenvalue weighted by Crippen LogP contribution is 2.28. The highest BCUT2D eigenvalue weighted by atomic mass is 16.5. The fourth-order valence-corrected chi connectivity index (χ4v) is 1.90. The first-order chi connectivity index (χ1) is 9.43. The van der Waals surface area contributed by atoms with Crippen molar-refractivity contribution in [2.24, 2.45) is 0 Å². The molecular weight excluding hydrogens is 236 g/mol. The van der Waals surface area contributed by atoms with Gasteiger partial charge in [0, 0.05) is 11.6 Å². The van der Waals surface area contributed by atoms with E-state index in [0.29, 0.717) is 6.61 Å². The topological polar surface area (TPSA) is 37.9 Å². The lowest BCUT2D eigenvalue weighted by Crippen LogP contribution is -1.96. The van der Waals surface area contributed by atoms with Crippen LogP contribution in [0.25, 0.3) is 11.3 Å². The number of aromatic nitrogens is 2. The molecule has 3 nitrogen and oxygen atoms in total. The van der Waals surface area contributed by atoms with Crippen molar-refractivity contribution < 1.29 is 4.74 Å². The van der Waals surface area contributed by atoms with Gasteiger partial charge in [-0.3, -0.25) is 5.10 Å². The minimum Gasteiger partial charge on any atom is -0.488 e. The second-order valence-corrected chi connectivity index (χ2v) is 4.16. The molecule has 1 N–H and O–H groups in total. The third kappa shape index (κ3) is 2.65. The Bertz CT molecular complexity index is 633. The minimum atomic E-state index is 0.548. The van der Waals surface area contributed by atoms with Gasteiger partial charge in [-0.2, -0.15) is 5.10 Å². The van der Waals surface area contributed by atoms with E-state index >= 15 is 0 Å². The van der Waals surface area contributed by atoms with Crippen LogP contribution in [0.5, 0.6) is 5.75 Å². The number of hydrogen-bond donors (Lipinski definition) is 1. The molecule has 3 aromatic rings. The maximum atomic E-state index is 5.88. The van der Waals surface area contributed by atoms with Crippen molar-refractivity contribution in [2.45, 2.75) is 6.61 Å². The van der Waals surface area contributed by atoms with E-state index in [4.69, 9.17) is 4.74 Å². The Morgan fingerprint density at radius 2 is 1.79 bits per heavy atom. The number of H-pyrrole nitrogens is 1. The molecule has 0 atom stereocenters. The number of benzene rings is 2. The maximum absolute atomic E-state index is 5.88. The third-order valence-electron chi connectivity index (χ3n) is 2.84. The van der Waals surface area contributed by atoms with Gasteiger partial charge in [0.05, 0.1) is 11.9 Å². The summed E-state index contributed by atoms with van der Waals surface area (Å²) in [6, 6.07) is 21.0. The molecule has 1 radical (unpaired) electrons. The zero-order valence-corrected chi connectivity index (χ0v) is 10.3. The summed E-state index contributed by atoms with van der Waals surface area (Å²) in [5.74, 6) is 0.826. The number of aromatic amines is 1. The predicted octanol–water partition coefficient (Wildman–Crippen LogP) is 3.46. The molecule has 1 aromatic heterocycles. The molecule has 0 aliphatic carbocycles. The van der Waals surface area contributed by atoms with Gasteiger partial charge in [0.2, 0.25) is 0 Å². The van der Waals surface area contributed by atoms with E-state index in [-0.39, 0.29) is 0 Å². The first-order valence-corrected chi connectivity index (χ1v) is 6.10. The van der Waals surface area contributed by atoms with Crippen LogP contribution in [0, 0.1) is 6.07 Å². The Hall–Kier alpha value is -2.55. The molecule has 0 fully saturated rings. The molecule has 0 aliphatic rings. The molecular formula is C16H13N2O. The second-order valence-electron chi connectivity index (χ2n) is 4.16. The Morgan fingerprint density at radius 1 is 1.00 bits per heavy atom. The molecule has 19 heavy (non-hydrogen) atoms. The van der Waals surface area contributed by atoms with Crippen molar-refractivity contribution in [3.8, 4) is 17.0 Å². The van der Waals surface area contributed by atoms with Crippen LogP contribution < -0.4 is 4.74 Å². The lowest BCUT2D eigenvalue weighted by Gasteiger charge is -2.10. The summed E-state index contributed by atoms with van der Waals surface area (Å²) in [7, 11) is 0. The smallest absolute Gasteiger partial charge is 0.129 e. The van der Waals surface area contributed by atoms with E-state index in [0.717, 1.165) is 22.6 Å². The SMILES string of the molecule is [c]1cn[nH]c1-c1ccccc1OCc1ccccc1. The zero-order chi connectivity index (χ0) is 12.9. The van der Waals surface area contributed by atoms with Gasteiger partial charge in [0.25, 0.3) is 0 Å². The summed E-state index contributed by atoms with van der Waals surface area (Å²) in [5, 5.41) is 6.83. The van der Waals surface area contributed by atoms with Crippen LogP contribution in [-0.2, 0) is 6.61 Å². The van der Waals surface area contributed by atoms with Crippen molar-refractivity contribution in [3.05, 3.63) is 72.4 Å². The average molecular weight is 249 g/mol. The van der Waals surface area contributed by atoms with Gasteiger partial charge in [0.15, 0.2) is 0 Å². The number of para-hydroxylation sites is 1. The summed E-state index contributed by atoms with van der Waals surface area (Å²) in [6.45, 7) is 0.548. The largest absolute Gasteiger partial charge is 0.488 e. The molecule has 0 unspecified atom stereocenters. The summed E-state index contributed by atoms with van der Waals surface area (Å²) >= 11 is 0. The molecule has 1 heterocycles. The van der Waals surface area contributed by atoms with Crippen LogP contribution in [0.4, 0.5) is 0 Å². The van der Waals surface area contributed by atoms with Crippen molar-refractivity contribution in [1.29, 1.82) is 0 Å². The highest BCUT2D eigenvalue weighted by Gasteiger charge is 2.07. The number of ether oxygens (including phenoxy) is 1. The highest BCUT2D eigenvalue weighted by molar-refractivity contribution is 5.66. The summed E-state index contributed by atoms with van der Waals surface area (Å²) in [4.78, 5) is 0. The van der Waals surface area contributed by atoms with Gasteiger partial charge >= 0.3 is 0 Å². The average Bonchev–Trinajstić information content (AvgIpc) is 3.01. The molecule has 3 rings (SSSR count). The molecule has 0 saturated heterocycles. The number of rotatable bonds is 4. The van der Waals surface area contributed by atoms with Gasteiger partial charge in [-0.1, -0.05) is 42.5 Å². The van der Waals surface area contributed by atoms with Crippen molar-refractivity contribution in [3.63, 3.8) is 0 Å². The van der Waals surface area contributed by atoms with E-state index in [1.807, 2.05) is 54.6 Å². The van der Waals surface area contributed by atoms with Gasteiger partial charge < -0.3 is 4.74 Å². The molecule has 0 aliphatic heterocycles. The van der Waals surface area contributed by atoms with Crippen molar-refractivity contribution in [2.75, 3.05) is 0 Å². The van der Waals surface area contributed by atoms with Crippen LogP contribution in [0.3, 0.4) is 0 Å². The summed E-state index contributed by atoms with van der Waals surface area (Å²) in [5.41, 5.74) is 2.95. The van der Waals surface area contributed by atoms with E-state index in [1.54, 1.807) is 6.20 Å². The van der Waals surface area contributed by atoms with Crippen LogP contribution in [0.2, 0.25) is 0 Å². The van der Waals surface area contributed by atoms with Crippen LogP contribution in [0.1, 0.15) is 5.56 Å². The fraction of sp³-hybridized carbons (Fsp3) is 0.0625. The third-order valence-corrected chi connectivity index (χ3v) is 2.84. The molecule has 0 spiro atoms. The first kappa shape index (κ1) is 11.5. The van der Waals surface area contributed by atoms with E-state index in [2.05, 4.69) is 16.3 Å². The molecule has 3 heteroatoms. The molecule has 0 amide bonds. The second kappa shape index (κ2) is 5.40. The van der Waals surface area contributed by atoms with Gasteiger partial charge in [-0.25, -0.2) is 0 Å². The molecule has 2 aromatic carbocycles. The number of hydrogen-bond acceptors (Lipinski definition) is 2. The monoisotopic (exact) mass is 249 g/mol. The Kier molecular flexibility index (Phi) is 3.28. The minimum absolute atomic E-state index is 0.548. The van der Waals surface area contributed by atoms with Crippen molar-refractivity contribution >= 4 is 0 Å². The van der Waals surface area contributed by atoms with Crippen LogP contribution >= 0.6 is 0 Å². The molecule has 93 valence electrons. The van der Waals surface area contributed by atoms with Crippen molar-refractivity contribution in [1.82, 2.24) is 10.2 Å². The van der Waals surface area contributed by atoms with Gasteiger partial charge in [-0.15, -0.1) is 0 Å². The van der Waals surface area contributed by atoms with E-state index in [1.165, 1.54) is 0 Å².